The van der Waals surface area contributed by atoms with E-state index in [-0.39, 0.29) is 0 Å². The maximum absolute atomic E-state index is 3.69. The quantitative estimate of drug-likeness (QED) is 0.812. The first-order chi connectivity index (χ1) is 8.33. The molecule has 3 rings (SSSR count). The maximum Gasteiger partial charge on any atom is 0.0322 e. The Morgan fingerprint density at radius 2 is 1.76 bits per heavy atom. The van der Waals surface area contributed by atoms with Gasteiger partial charge in [-0.3, -0.25) is 0 Å². The molecular formula is C16H23N. The lowest BCUT2D eigenvalue weighted by molar-refractivity contribution is 0.147. The van der Waals surface area contributed by atoms with Crippen LogP contribution in [0.4, 0.5) is 0 Å². The van der Waals surface area contributed by atoms with E-state index in [0.29, 0.717) is 6.04 Å². The van der Waals surface area contributed by atoms with Gasteiger partial charge in [0.05, 0.1) is 0 Å². The fourth-order valence-corrected chi connectivity index (χ4v) is 3.34. The number of rotatable bonds is 2. The summed E-state index contributed by atoms with van der Waals surface area (Å²) in [6.07, 6.45) is 7.21. The summed E-state index contributed by atoms with van der Waals surface area (Å²) in [7, 11) is 0. The van der Waals surface area contributed by atoms with Crippen LogP contribution in [0.1, 0.15) is 49.3 Å². The molecule has 1 aliphatic heterocycles. The van der Waals surface area contributed by atoms with Crippen molar-refractivity contribution in [2.24, 2.45) is 11.8 Å². The second-order valence-electron chi connectivity index (χ2n) is 5.89. The molecule has 0 spiro atoms. The monoisotopic (exact) mass is 229 g/mol. The topological polar surface area (TPSA) is 12.0 Å². The van der Waals surface area contributed by atoms with Crippen molar-refractivity contribution < 1.29 is 0 Å². The predicted octanol–water partition coefficient (Wildman–Crippen LogP) is 3.84. The van der Waals surface area contributed by atoms with Crippen LogP contribution in [0.3, 0.4) is 0 Å². The Balaban J connectivity index is 1.68. The van der Waals surface area contributed by atoms with Gasteiger partial charge in [-0.2, -0.15) is 0 Å². The van der Waals surface area contributed by atoms with Gasteiger partial charge in [-0.1, -0.05) is 49.1 Å². The summed E-state index contributed by atoms with van der Waals surface area (Å²) in [5.41, 5.74) is 2.85. The molecule has 0 bridgehead atoms. The molecule has 1 aromatic rings. The molecule has 1 saturated carbocycles. The third-order valence-corrected chi connectivity index (χ3v) is 4.74. The molecule has 2 atom stereocenters. The van der Waals surface area contributed by atoms with E-state index in [4.69, 9.17) is 0 Å². The van der Waals surface area contributed by atoms with Crippen LogP contribution in [0.15, 0.2) is 24.3 Å². The third-order valence-electron chi connectivity index (χ3n) is 4.74. The van der Waals surface area contributed by atoms with Crippen molar-refractivity contribution in [3.05, 3.63) is 35.4 Å². The highest BCUT2D eigenvalue weighted by Crippen LogP contribution is 2.41. The largest absolute Gasteiger partial charge is 0.310 e. The Labute approximate surface area is 105 Å². The van der Waals surface area contributed by atoms with E-state index in [9.17, 15) is 0 Å². The molecule has 1 aliphatic carbocycles. The average Bonchev–Trinajstić information content (AvgIpc) is 2.28. The minimum atomic E-state index is 0.606. The van der Waals surface area contributed by atoms with Crippen molar-refractivity contribution in [1.29, 1.82) is 0 Å². The molecule has 2 aliphatic rings. The van der Waals surface area contributed by atoms with Gasteiger partial charge >= 0.3 is 0 Å². The summed E-state index contributed by atoms with van der Waals surface area (Å²) in [6.45, 7) is 3.37. The molecule has 1 heteroatoms. The van der Waals surface area contributed by atoms with Crippen LogP contribution in [-0.2, 0) is 0 Å². The molecular weight excluding hydrogens is 206 g/mol. The van der Waals surface area contributed by atoms with Crippen molar-refractivity contribution in [1.82, 2.24) is 5.32 Å². The number of benzene rings is 1. The Morgan fingerprint density at radius 3 is 2.41 bits per heavy atom. The fourth-order valence-electron chi connectivity index (χ4n) is 3.34. The van der Waals surface area contributed by atoms with Gasteiger partial charge in [0.2, 0.25) is 0 Å². The summed E-state index contributed by atoms with van der Waals surface area (Å²) < 4.78 is 0. The number of hydrogen-bond acceptors (Lipinski definition) is 1. The van der Waals surface area contributed by atoms with E-state index < -0.39 is 0 Å². The fraction of sp³-hybridized carbons (Fsp3) is 0.625. The van der Waals surface area contributed by atoms with Gasteiger partial charge < -0.3 is 5.32 Å². The summed E-state index contributed by atoms with van der Waals surface area (Å²) in [5.74, 6) is 2.03. The minimum Gasteiger partial charge on any atom is -0.310 e. The van der Waals surface area contributed by atoms with Gasteiger partial charge in [-0.15, -0.1) is 0 Å². The molecule has 1 N–H and O–H groups in total. The zero-order valence-corrected chi connectivity index (χ0v) is 10.8. The van der Waals surface area contributed by atoms with E-state index >= 15 is 0 Å². The van der Waals surface area contributed by atoms with Gasteiger partial charge in [-0.05, 0) is 43.7 Å². The zero-order chi connectivity index (χ0) is 11.7. The minimum absolute atomic E-state index is 0.606. The summed E-state index contributed by atoms with van der Waals surface area (Å²) >= 11 is 0. The van der Waals surface area contributed by atoms with Crippen LogP contribution in [0.25, 0.3) is 0 Å². The number of nitrogens with one attached hydrogen (secondary N) is 1. The summed E-state index contributed by atoms with van der Waals surface area (Å²) in [4.78, 5) is 0. The molecule has 1 aromatic carbocycles. The molecule has 17 heavy (non-hydrogen) atoms. The molecule has 92 valence electrons. The smallest absolute Gasteiger partial charge is 0.0322 e. The van der Waals surface area contributed by atoms with Gasteiger partial charge in [0.15, 0.2) is 0 Å². The first-order valence-corrected chi connectivity index (χ1v) is 7.13. The standard InChI is InChI=1S/C16H23N/c1-12-5-7-14(8-6-12)16-11-15(9-10-17-16)13-3-2-4-13/h5-8,13,15-17H,2-4,9-11H2,1H3/t15-,16-/m0/s1. The molecule has 0 aromatic heterocycles. The third kappa shape index (κ3) is 2.40. The highest BCUT2D eigenvalue weighted by Gasteiger charge is 2.31. The molecule has 0 radical (unpaired) electrons. The van der Waals surface area contributed by atoms with Crippen molar-refractivity contribution in [2.75, 3.05) is 6.54 Å². The van der Waals surface area contributed by atoms with Crippen molar-refractivity contribution >= 4 is 0 Å². The Hall–Kier alpha value is -0.820. The second kappa shape index (κ2) is 4.81. The van der Waals surface area contributed by atoms with Gasteiger partial charge in [0, 0.05) is 6.04 Å². The van der Waals surface area contributed by atoms with Crippen molar-refractivity contribution in [2.45, 2.75) is 45.1 Å². The van der Waals surface area contributed by atoms with Crippen LogP contribution in [0.2, 0.25) is 0 Å². The molecule has 1 heterocycles. The molecule has 1 nitrogen and oxygen atoms in total. The SMILES string of the molecule is Cc1ccc([C@@H]2C[C@@H](C3CCC3)CCN2)cc1. The summed E-state index contributed by atoms with van der Waals surface area (Å²) in [5, 5.41) is 3.69. The second-order valence-corrected chi connectivity index (χ2v) is 5.89. The van der Waals surface area contributed by atoms with E-state index in [1.54, 1.807) is 0 Å². The highest BCUT2D eigenvalue weighted by atomic mass is 14.9. The number of aryl methyl sites for hydroxylation is 1. The Morgan fingerprint density at radius 1 is 1.00 bits per heavy atom. The lowest BCUT2D eigenvalue weighted by Gasteiger charge is -2.39. The molecule has 2 fully saturated rings. The Bertz CT molecular complexity index is 364. The van der Waals surface area contributed by atoms with Crippen molar-refractivity contribution in [3.63, 3.8) is 0 Å². The van der Waals surface area contributed by atoms with Gasteiger partial charge in [0.1, 0.15) is 0 Å². The predicted molar refractivity (Wildman–Crippen MR) is 72.0 cm³/mol. The van der Waals surface area contributed by atoms with Crippen LogP contribution >= 0.6 is 0 Å². The van der Waals surface area contributed by atoms with Crippen LogP contribution in [0.5, 0.6) is 0 Å². The van der Waals surface area contributed by atoms with Crippen molar-refractivity contribution in [3.8, 4) is 0 Å². The molecule has 0 unspecified atom stereocenters. The summed E-state index contributed by atoms with van der Waals surface area (Å²) in [6, 6.07) is 9.69. The zero-order valence-electron chi connectivity index (χ0n) is 10.8. The van der Waals surface area contributed by atoms with Gasteiger partial charge in [-0.25, -0.2) is 0 Å². The van der Waals surface area contributed by atoms with Crippen LogP contribution in [0, 0.1) is 18.8 Å². The number of piperidine rings is 1. The highest BCUT2D eigenvalue weighted by molar-refractivity contribution is 5.24. The average molecular weight is 229 g/mol. The van der Waals surface area contributed by atoms with E-state index in [0.717, 1.165) is 11.8 Å². The van der Waals surface area contributed by atoms with Gasteiger partial charge in [0.25, 0.3) is 0 Å². The van der Waals surface area contributed by atoms with E-state index in [1.807, 2.05) is 0 Å². The normalized spacial score (nSPS) is 29.9. The van der Waals surface area contributed by atoms with E-state index in [1.165, 1.54) is 49.8 Å². The maximum atomic E-state index is 3.69. The van der Waals surface area contributed by atoms with E-state index in [2.05, 4.69) is 36.5 Å². The number of hydrogen-bond donors (Lipinski definition) is 1. The molecule has 1 saturated heterocycles. The van der Waals surface area contributed by atoms with Crippen LogP contribution in [-0.4, -0.2) is 6.54 Å². The lowest BCUT2D eigenvalue weighted by Crippen LogP contribution is -2.36. The Kier molecular flexibility index (Phi) is 3.19. The lowest BCUT2D eigenvalue weighted by atomic mass is 9.70. The first kappa shape index (κ1) is 11.3. The molecule has 0 amide bonds. The van der Waals surface area contributed by atoms with Crippen LogP contribution < -0.4 is 5.32 Å². The first-order valence-electron chi connectivity index (χ1n) is 7.13.